The van der Waals surface area contributed by atoms with E-state index in [1.807, 2.05) is 0 Å². The summed E-state index contributed by atoms with van der Waals surface area (Å²) in [6, 6.07) is 1.65. The summed E-state index contributed by atoms with van der Waals surface area (Å²) >= 11 is 0.493. The Labute approximate surface area is 154 Å². The summed E-state index contributed by atoms with van der Waals surface area (Å²) in [5.41, 5.74) is -4.85. The van der Waals surface area contributed by atoms with E-state index in [0.717, 1.165) is 11.6 Å². The van der Waals surface area contributed by atoms with Gasteiger partial charge in [-0.25, -0.2) is 9.18 Å². The first-order chi connectivity index (χ1) is 12.5. The molecule has 1 heterocycles. The van der Waals surface area contributed by atoms with E-state index in [1.165, 1.54) is 0 Å². The summed E-state index contributed by atoms with van der Waals surface area (Å²) in [4.78, 5) is 23.7. The zero-order chi connectivity index (χ0) is 20.4. The molecule has 0 fully saturated rings. The van der Waals surface area contributed by atoms with Gasteiger partial charge in [0.1, 0.15) is 11.3 Å². The van der Waals surface area contributed by atoms with E-state index in [4.69, 9.17) is 0 Å². The van der Waals surface area contributed by atoms with Crippen molar-refractivity contribution in [2.75, 3.05) is 0 Å². The highest BCUT2D eigenvalue weighted by molar-refractivity contribution is 7.11. The molecule has 0 aliphatic carbocycles. The van der Waals surface area contributed by atoms with Gasteiger partial charge in [0.05, 0.1) is 5.56 Å². The fraction of sp³-hybridized carbons (Fsp3) is 0.333. The summed E-state index contributed by atoms with van der Waals surface area (Å²) in [6.07, 6.45) is -5.58. The molecule has 0 aliphatic heterocycles. The van der Waals surface area contributed by atoms with Gasteiger partial charge in [0.2, 0.25) is 0 Å². The van der Waals surface area contributed by atoms with E-state index >= 15 is 0 Å². The monoisotopic (exact) mass is 407 g/mol. The first kappa shape index (κ1) is 20.6. The minimum atomic E-state index is -5.58. The van der Waals surface area contributed by atoms with Crippen molar-refractivity contribution in [2.45, 2.75) is 31.7 Å². The number of ether oxygens (including phenoxy) is 1. The molecule has 1 aromatic heterocycles. The molecule has 12 heteroatoms. The number of hydrogen-bond acceptors (Lipinski definition) is 6. The van der Waals surface area contributed by atoms with Crippen LogP contribution in [0.1, 0.15) is 29.8 Å². The molecule has 1 atom stereocenters. The smallest absolute Gasteiger partial charge is 0.444 e. The molecule has 2 aromatic rings. The fourth-order valence-electron chi connectivity index (χ4n) is 2.17. The van der Waals surface area contributed by atoms with Crippen molar-refractivity contribution in [3.8, 4) is 5.19 Å². The van der Waals surface area contributed by atoms with Crippen LogP contribution in [0.3, 0.4) is 0 Å². The van der Waals surface area contributed by atoms with Gasteiger partial charge in [-0.1, -0.05) is 11.3 Å². The summed E-state index contributed by atoms with van der Waals surface area (Å²) in [5, 5.41) is 17.5. The number of aliphatic carboxylic acids is 1. The number of carbonyl (C=O) groups excluding carboxylic acids is 1. The molecule has 2 N–H and O–H groups in total. The lowest BCUT2D eigenvalue weighted by Gasteiger charge is -2.31. The van der Waals surface area contributed by atoms with Crippen molar-refractivity contribution in [3.63, 3.8) is 0 Å². The standard InChI is InChI=1S/C15H13F4N3O4S/c1-7(2)21-11(23)8-3-4-10(16)9(5-8)14(12(24)25,15(17,18)19)26-13-22-20-6-27-13/h3-7H,1-2H3,(H,21,23)(H,24,25). The van der Waals surface area contributed by atoms with E-state index in [2.05, 4.69) is 20.3 Å². The van der Waals surface area contributed by atoms with Crippen LogP contribution in [0.2, 0.25) is 0 Å². The predicted octanol–water partition coefficient (Wildman–Crippen LogP) is 2.74. The number of nitrogens with zero attached hydrogens (tertiary/aromatic N) is 2. The van der Waals surface area contributed by atoms with Gasteiger partial charge >= 0.3 is 17.7 Å². The van der Waals surface area contributed by atoms with E-state index < -0.39 is 40.2 Å². The molecule has 1 aromatic carbocycles. The molecule has 1 amide bonds. The highest BCUT2D eigenvalue weighted by Gasteiger charge is 2.67. The summed E-state index contributed by atoms with van der Waals surface area (Å²) < 4.78 is 60.3. The maximum Gasteiger partial charge on any atom is 0.444 e. The van der Waals surface area contributed by atoms with Crippen molar-refractivity contribution in [2.24, 2.45) is 0 Å². The Hall–Kier alpha value is -2.76. The Kier molecular flexibility index (Phi) is 5.68. The Balaban J connectivity index is 2.68. The molecule has 146 valence electrons. The van der Waals surface area contributed by atoms with Crippen molar-refractivity contribution in [3.05, 3.63) is 40.7 Å². The third-order valence-electron chi connectivity index (χ3n) is 3.31. The Morgan fingerprint density at radius 1 is 1.30 bits per heavy atom. The normalized spacial score (nSPS) is 13.9. The van der Waals surface area contributed by atoms with Crippen molar-refractivity contribution < 1.29 is 37.0 Å². The number of hydrogen-bond donors (Lipinski definition) is 2. The topological polar surface area (TPSA) is 101 Å². The number of benzene rings is 1. The van der Waals surface area contributed by atoms with Crippen LogP contribution in [0, 0.1) is 5.82 Å². The number of carbonyl (C=O) groups is 2. The summed E-state index contributed by atoms with van der Waals surface area (Å²) in [5.74, 6) is -4.84. The number of aromatic nitrogens is 2. The van der Waals surface area contributed by atoms with Gasteiger partial charge in [-0.15, -0.1) is 10.2 Å². The van der Waals surface area contributed by atoms with Crippen molar-refractivity contribution >= 4 is 23.2 Å². The number of amides is 1. The summed E-state index contributed by atoms with van der Waals surface area (Å²) in [6.45, 7) is 3.22. The van der Waals surface area contributed by atoms with Crippen LogP contribution in [0.25, 0.3) is 0 Å². The lowest BCUT2D eigenvalue weighted by atomic mass is 9.90. The molecule has 1 unspecified atom stereocenters. The fourth-order valence-corrected chi connectivity index (χ4v) is 2.62. The number of rotatable bonds is 6. The molecule has 0 saturated carbocycles. The maximum atomic E-state index is 14.3. The molecular weight excluding hydrogens is 394 g/mol. The minimum absolute atomic E-state index is 0.351. The number of carboxylic acid groups (broad SMARTS) is 1. The van der Waals surface area contributed by atoms with Gasteiger partial charge in [-0.3, -0.25) is 4.79 Å². The molecule has 0 spiro atoms. The van der Waals surface area contributed by atoms with Gasteiger partial charge < -0.3 is 15.2 Å². The third kappa shape index (κ3) is 3.99. The Bertz CT molecular complexity index is 842. The Morgan fingerprint density at radius 2 is 1.96 bits per heavy atom. The second-order valence-electron chi connectivity index (χ2n) is 5.61. The summed E-state index contributed by atoms with van der Waals surface area (Å²) in [7, 11) is 0. The van der Waals surface area contributed by atoms with E-state index in [1.54, 1.807) is 13.8 Å². The second-order valence-corrected chi connectivity index (χ2v) is 6.41. The molecule has 0 radical (unpaired) electrons. The molecule has 2 rings (SSSR count). The maximum absolute atomic E-state index is 14.3. The van der Waals surface area contributed by atoms with Crippen LogP contribution >= 0.6 is 11.3 Å². The largest absolute Gasteiger partial charge is 0.478 e. The zero-order valence-electron chi connectivity index (χ0n) is 13.9. The van der Waals surface area contributed by atoms with E-state index in [9.17, 15) is 32.3 Å². The number of halogens is 4. The van der Waals surface area contributed by atoms with Crippen molar-refractivity contribution in [1.29, 1.82) is 0 Å². The second kappa shape index (κ2) is 7.47. The molecule has 0 bridgehead atoms. The minimum Gasteiger partial charge on any atom is -0.478 e. The molecular formula is C15H13F4N3O4S. The average Bonchev–Trinajstić information content (AvgIpc) is 3.04. The van der Waals surface area contributed by atoms with Crippen LogP contribution in [-0.2, 0) is 10.4 Å². The van der Waals surface area contributed by atoms with Gasteiger partial charge in [0.25, 0.3) is 11.1 Å². The molecule has 0 aliphatic rings. The van der Waals surface area contributed by atoms with Crippen LogP contribution in [0.5, 0.6) is 5.19 Å². The van der Waals surface area contributed by atoms with E-state index in [0.29, 0.717) is 23.5 Å². The molecule has 0 saturated heterocycles. The van der Waals surface area contributed by atoms with Crippen LogP contribution < -0.4 is 10.1 Å². The third-order valence-corrected chi connectivity index (χ3v) is 3.87. The van der Waals surface area contributed by atoms with Gasteiger partial charge in [-0.2, -0.15) is 13.2 Å². The van der Waals surface area contributed by atoms with Crippen molar-refractivity contribution in [1.82, 2.24) is 15.5 Å². The van der Waals surface area contributed by atoms with E-state index in [-0.39, 0.29) is 11.6 Å². The first-order valence-electron chi connectivity index (χ1n) is 7.35. The first-order valence-corrected chi connectivity index (χ1v) is 8.23. The van der Waals surface area contributed by atoms with Gasteiger partial charge in [-0.05, 0) is 32.0 Å². The number of alkyl halides is 3. The number of nitrogens with one attached hydrogen (secondary N) is 1. The quantitative estimate of drug-likeness (QED) is 0.714. The highest BCUT2D eigenvalue weighted by atomic mass is 32.1. The van der Waals surface area contributed by atoms with Gasteiger partial charge in [0.15, 0.2) is 0 Å². The highest BCUT2D eigenvalue weighted by Crippen LogP contribution is 2.44. The van der Waals surface area contributed by atoms with Crippen LogP contribution in [0.4, 0.5) is 17.6 Å². The number of carboxylic acids is 1. The predicted molar refractivity (Wildman–Crippen MR) is 84.9 cm³/mol. The molecule has 7 nitrogen and oxygen atoms in total. The SMILES string of the molecule is CC(C)NC(=O)c1ccc(F)c(C(Oc2nncs2)(C(=O)O)C(F)(F)F)c1. The molecule has 27 heavy (non-hydrogen) atoms. The van der Waals surface area contributed by atoms with Crippen LogP contribution in [0.15, 0.2) is 23.7 Å². The van der Waals surface area contributed by atoms with Crippen LogP contribution in [-0.4, -0.2) is 39.4 Å². The lowest BCUT2D eigenvalue weighted by molar-refractivity contribution is -0.256. The average molecular weight is 407 g/mol. The van der Waals surface area contributed by atoms with Gasteiger partial charge in [0, 0.05) is 11.6 Å². The zero-order valence-corrected chi connectivity index (χ0v) is 14.7. The lowest BCUT2D eigenvalue weighted by Crippen LogP contribution is -2.54. The Morgan fingerprint density at radius 3 is 2.44 bits per heavy atom.